The Morgan fingerprint density at radius 3 is 1.04 bits per heavy atom. The van der Waals surface area contributed by atoms with Crippen molar-refractivity contribution < 1.29 is 13.0 Å². The fraction of sp³-hybridized carbons (Fsp3) is 0. The van der Waals surface area contributed by atoms with Crippen LogP contribution in [0.25, 0.3) is 0 Å². The van der Waals surface area contributed by atoms with Crippen molar-refractivity contribution in [3.05, 3.63) is 91.0 Å². The summed E-state index contributed by atoms with van der Waals surface area (Å²) in [6.07, 6.45) is 0. The van der Waals surface area contributed by atoms with Crippen molar-refractivity contribution in [2.75, 3.05) is 0 Å². The van der Waals surface area contributed by atoms with Gasteiger partial charge >= 0.3 is 0 Å². The maximum Gasteiger partial charge on any atom is 0.227 e. The first-order chi connectivity index (χ1) is 11.1. The predicted molar refractivity (Wildman–Crippen MR) is 94.8 cm³/mol. The molecule has 0 spiro atoms. The van der Waals surface area contributed by atoms with E-state index in [1.165, 1.54) is 0 Å². The normalized spacial score (nSPS) is 12.0. The van der Waals surface area contributed by atoms with Gasteiger partial charge in [0.05, 0.1) is 0 Å². The van der Waals surface area contributed by atoms with Gasteiger partial charge in [0, 0.05) is 0 Å². The van der Waals surface area contributed by atoms with Gasteiger partial charge in [0.1, 0.15) is 15.9 Å². The summed E-state index contributed by atoms with van der Waals surface area (Å²) in [5.41, 5.74) is 0. The third-order valence-corrected chi connectivity index (χ3v) is 11.4. The second kappa shape index (κ2) is 6.25. The van der Waals surface area contributed by atoms with Crippen LogP contribution in [-0.4, -0.2) is 13.0 Å². The molecule has 3 aromatic carbocycles. The molecule has 0 unspecified atom stereocenters. The SMILES string of the molecule is O=S(=O)([O-])[P+](c1ccccc1)(c1ccccc1)c1ccccc1. The van der Waals surface area contributed by atoms with Gasteiger partial charge in [-0.2, -0.15) is 0 Å². The van der Waals surface area contributed by atoms with Crippen LogP contribution in [-0.2, 0) is 9.74 Å². The third-order valence-electron chi connectivity index (χ3n) is 3.69. The minimum absolute atomic E-state index is 0.549. The lowest BCUT2D eigenvalue weighted by Gasteiger charge is -2.28. The van der Waals surface area contributed by atoms with Gasteiger partial charge in [-0.05, 0) is 36.4 Å². The van der Waals surface area contributed by atoms with Crippen molar-refractivity contribution in [3.63, 3.8) is 0 Å². The van der Waals surface area contributed by atoms with E-state index in [4.69, 9.17) is 0 Å². The Bertz CT molecular complexity index is 783. The summed E-state index contributed by atoms with van der Waals surface area (Å²) < 4.78 is 37.6. The van der Waals surface area contributed by atoms with Crippen LogP contribution < -0.4 is 15.9 Å². The van der Waals surface area contributed by atoms with E-state index in [0.717, 1.165) is 0 Å². The fourth-order valence-electron chi connectivity index (χ4n) is 2.75. The molecule has 0 aliphatic heterocycles. The second-order valence-electron chi connectivity index (χ2n) is 5.04. The number of benzene rings is 3. The molecule has 0 amide bonds. The van der Waals surface area contributed by atoms with E-state index in [0.29, 0.717) is 15.9 Å². The molecule has 5 heteroatoms. The average Bonchev–Trinajstić information content (AvgIpc) is 2.57. The van der Waals surface area contributed by atoms with Crippen molar-refractivity contribution in [3.8, 4) is 0 Å². The van der Waals surface area contributed by atoms with Gasteiger partial charge in [-0.1, -0.05) is 54.6 Å². The number of hydrogen-bond donors (Lipinski definition) is 0. The van der Waals surface area contributed by atoms with Crippen LogP contribution in [0.1, 0.15) is 0 Å². The fourth-order valence-corrected chi connectivity index (χ4v) is 9.61. The molecule has 0 N–H and O–H groups in total. The number of hydrogen-bond acceptors (Lipinski definition) is 3. The lowest BCUT2D eigenvalue weighted by molar-refractivity contribution is 0.481. The first kappa shape index (κ1) is 15.9. The van der Waals surface area contributed by atoms with Crippen LogP contribution >= 0.6 is 6.46 Å². The van der Waals surface area contributed by atoms with Gasteiger partial charge in [0.25, 0.3) is 0 Å². The molecular weight excluding hydrogens is 327 g/mol. The molecule has 3 nitrogen and oxygen atoms in total. The van der Waals surface area contributed by atoms with Crippen LogP contribution in [0.2, 0.25) is 0 Å². The van der Waals surface area contributed by atoms with E-state index in [1.807, 2.05) is 18.2 Å². The lowest BCUT2D eigenvalue weighted by Crippen LogP contribution is -2.36. The minimum atomic E-state index is -4.62. The monoisotopic (exact) mass is 342 g/mol. The summed E-state index contributed by atoms with van der Waals surface area (Å²) in [7, 11) is -4.62. The topological polar surface area (TPSA) is 57.2 Å². The lowest BCUT2D eigenvalue weighted by atomic mass is 10.4. The van der Waals surface area contributed by atoms with Crippen LogP contribution in [0, 0.1) is 0 Å². The van der Waals surface area contributed by atoms with Crippen molar-refractivity contribution >= 4 is 32.1 Å². The van der Waals surface area contributed by atoms with Crippen molar-refractivity contribution in [2.24, 2.45) is 0 Å². The molecule has 0 saturated carbocycles. The van der Waals surface area contributed by atoms with Crippen LogP contribution in [0.4, 0.5) is 0 Å². The minimum Gasteiger partial charge on any atom is -0.716 e. The van der Waals surface area contributed by atoms with Gasteiger partial charge in [-0.3, -0.25) is 0 Å². The van der Waals surface area contributed by atoms with E-state index in [-0.39, 0.29) is 0 Å². The summed E-state index contributed by atoms with van der Waals surface area (Å²) in [4.78, 5) is 0. The van der Waals surface area contributed by atoms with E-state index in [1.54, 1.807) is 72.8 Å². The quantitative estimate of drug-likeness (QED) is 0.540. The summed E-state index contributed by atoms with van der Waals surface area (Å²) in [6, 6.07) is 26.4. The Kier molecular flexibility index (Phi) is 4.31. The Balaban J connectivity index is 2.46. The zero-order valence-corrected chi connectivity index (χ0v) is 14.0. The summed E-state index contributed by atoms with van der Waals surface area (Å²) >= 11 is 0. The average molecular weight is 342 g/mol. The molecule has 0 aromatic heterocycles. The molecule has 3 aromatic rings. The summed E-state index contributed by atoms with van der Waals surface area (Å²) in [6.45, 7) is -3.32. The largest absolute Gasteiger partial charge is 0.716 e. The molecule has 116 valence electrons. The van der Waals surface area contributed by atoms with Crippen molar-refractivity contribution in [1.29, 1.82) is 0 Å². The van der Waals surface area contributed by atoms with Crippen LogP contribution in [0.3, 0.4) is 0 Å². The smallest absolute Gasteiger partial charge is 0.227 e. The molecule has 0 fully saturated rings. The second-order valence-corrected chi connectivity index (χ2v) is 11.7. The molecule has 0 radical (unpaired) electrons. The zero-order chi connectivity index (χ0) is 16.3. The van der Waals surface area contributed by atoms with Gasteiger partial charge < -0.3 is 4.55 Å². The van der Waals surface area contributed by atoms with Gasteiger partial charge in [-0.15, -0.1) is 0 Å². The summed E-state index contributed by atoms with van der Waals surface area (Å²) in [5.74, 6) is 0. The van der Waals surface area contributed by atoms with Gasteiger partial charge in [0.2, 0.25) is 16.2 Å². The van der Waals surface area contributed by atoms with Gasteiger partial charge in [0.15, 0.2) is 0 Å². The molecule has 0 heterocycles. The van der Waals surface area contributed by atoms with Crippen molar-refractivity contribution in [2.45, 2.75) is 0 Å². The maximum atomic E-state index is 12.5. The highest BCUT2D eigenvalue weighted by atomic mass is 32.8. The molecule has 0 aliphatic carbocycles. The Hall–Kier alpha value is -2.00. The van der Waals surface area contributed by atoms with E-state index >= 15 is 0 Å². The molecular formula is C18H15O3PS. The van der Waals surface area contributed by atoms with E-state index in [2.05, 4.69) is 0 Å². The maximum absolute atomic E-state index is 12.5. The molecule has 23 heavy (non-hydrogen) atoms. The highest BCUT2D eigenvalue weighted by molar-refractivity contribution is 8.62. The molecule has 0 atom stereocenters. The summed E-state index contributed by atoms with van der Waals surface area (Å²) in [5, 5.41) is 1.65. The molecule has 3 rings (SSSR count). The standard InChI is InChI=1S/C18H15O3PS/c19-23(20,21)22(16-10-4-1-5-11-16,17-12-6-2-7-13-17)18-14-8-3-9-15-18/h1-15H. The number of rotatable bonds is 4. The Morgan fingerprint density at radius 2 is 0.826 bits per heavy atom. The first-order valence-corrected chi connectivity index (χ1v) is 10.9. The van der Waals surface area contributed by atoms with Gasteiger partial charge in [-0.25, -0.2) is 8.42 Å². The van der Waals surface area contributed by atoms with E-state index < -0.39 is 16.2 Å². The highest BCUT2D eigenvalue weighted by Crippen LogP contribution is 2.60. The predicted octanol–water partition coefficient (Wildman–Crippen LogP) is 2.44. The Morgan fingerprint density at radius 1 is 0.565 bits per heavy atom. The molecule has 0 saturated heterocycles. The molecule has 0 bridgehead atoms. The highest BCUT2D eigenvalue weighted by Gasteiger charge is 2.52. The Labute approximate surface area is 136 Å². The van der Waals surface area contributed by atoms with Crippen LogP contribution in [0.15, 0.2) is 91.0 Å². The van der Waals surface area contributed by atoms with E-state index in [9.17, 15) is 13.0 Å². The molecule has 0 aliphatic rings. The van der Waals surface area contributed by atoms with Crippen LogP contribution in [0.5, 0.6) is 0 Å². The van der Waals surface area contributed by atoms with Crippen molar-refractivity contribution in [1.82, 2.24) is 0 Å². The third kappa shape index (κ3) is 2.70. The zero-order valence-electron chi connectivity index (χ0n) is 12.2. The first-order valence-electron chi connectivity index (χ1n) is 7.09.